The number of aryl methyl sites for hydroxylation is 2. The van der Waals surface area contributed by atoms with E-state index in [0.29, 0.717) is 6.04 Å². The average molecular weight is 246 g/mol. The van der Waals surface area contributed by atoms with Gasteiger partial charge in [0.05, 0.1) is 0 Å². The van der Waals surface area contributed by atoms with E-state index in [1.165, 1.54) is 42.6 Å². The smallest absolute Gasteiger partial charge is 0.0371 e. The third-order valence-electron chi connectivity index (χ3n) is 4.26. The fourth-order valence-corrected chi connectivity index (χ4v) is 3.10. The molecule has 18 heavy (non-hydrogen) atoms. The van der Waals surface area contributed by atoms with E-state index in [0.717, 1.165) is 5.92 Å². The summed E-state index contributed by atoms with van der Waals surface area (Å²) in [5, 5.41) is 3.46. The molecular weight excluding hydrogens is 220 g/mol. The highest BCUT2D eigenvalue weighted by molar-refractivity contribution is 5.32. The van der Waals surface area contributed by atoms with Crippen molar-refractivity contribution in [1.82, 2.24) is 10.2 Å². The largest absolute Gasteiger partial charge is 0.317 e. The van der Waals surface area contributed by atoms with Crippen LogP contribution in [-0.2, 0) is 0 Å². The quantitative estimate of drug-likeness (QED) is 0.882. The molecule has 0 aromatic heterocycles. The number of nitrogens with one attached hydrogen (secondary N) is 1. The third-order valence-corrected chi connectivity index (χ3v) is 4.26. The van der Waals surface area contributed by atoms with Crippen molar-refractivity contribution < 1.29 is 0 Å². The highest BCUT2D eigenvalue weighted by atomic mass is 15.1. The van der Waals surface area contributed by atoms with Crippen molar-refractivity contribution >= 4 is 0 Å². The minimum absolute atomic E-state index is 0.561. The zero-order valence-corrected chi connectivity index (χ0v) is 12.2. The van der Waals surface area contributed by atoms with E-state index < -0.39 is 0 Å². The standard InChI is InChI=1S/C16H26N2/c1-12-5-6-15(11-13(12)2)16(18(3)4)14-7-9-17-10-8-14/h5-6,11,14,16-17H,7-10H2,1-4H3. The van der Waals surface area contributed by atoms with Crippen LogP contribution >= 0.6 is 0 Å². The molecule has 0 saturated carbocycles. The number of benzene rings is 1. The molecule has 1 saturated heterocycles. The van der Waals surface area contributed by atoms with Crippen molar-refractivity contribution in [1.29, 1.82) is 0 Å². The van der Waals surface area contributed by atoms with E-state index in [9.17, 15) is 0 Å². The maximum atomic E-state index is 3.46. The van der Waals surface area contributed by atoms with Gasteiger partial charge in [-0.15, -0.1) is 0 Å². The Labute approximate surface area is 111 Å². The molecule has 1 atom stereocenters. The maximum Gasteiger partial charge on any atom is 0.0371 e. The first-order chi connectivity index (χ1) is 8.59. The molecule has 2 rings (SSSR count). The number of hydrogen-bond donors (Lipinski definition) is 1. The molecule has 1 aromatic rings. The molecule has 0 aliphatic carbocycles. The van der Waals surface area contributed by atoms with Gasteiger partial charge in [-0.05, 0) is 76.5 Å². The van der Waals surface area contributed by atoms with Crippen LogP contribution in [0.1, 0.15) is 35.6 Å². The van der Waals surface area contributed by atoms with E-state index >= 15 is 0 Å². The first-order valence-electron chi connectivity index (χ1n) is 7.04. The monoisotopic (exact) mass is 246 g/mol. The van der Waals surface area contributed by atoms with Gasteiger partial charge in [0.2, 0.25) is 0 Å². The fourth-order valence-electron chi connectivity index (χ4n) is 3.10. The molecule has 1 heterocycles. The second-order valence-corrected chi connectivity index (χ2v) is 5.84. The lowest BCUT2D eigenvalue weighted by atomic mass is 9.84. The molecule has 0 spiro atoms. The van der Waals surface area contributed by atoms with Gasteiger partial charge in [-0.25, -0.2) is 0 Å². The molecule has 2 nitrogen and oxygen atoms in total. The number of nitrogens with zero attached hydrogens (tertiary/aromatic N) is 1. The van der Waals surface area contributed by atoms with E-state index in [1.54, 1.807) is 0 Å². The lowest BCUT2D eigenvalue weighted by Crippen LogP contribution is -2.36. The molecule has 1 N–H and O–H groups in total. The molecule has 0 bridgehead atoms. The SMILES string of the molecule is Cc1ccc(C(C2CCNCC2)N(C)C)cc1C. The number of piperidine rings is 1. The van der Waals surface area contributed by atoms with Crippen molar-refractivity contribution in [2.24, 2.45) is 5.92 Å². The normalized spacial score (nSPS) is 19.2. The molecular formula is C16H26N2. The summed E-state index contributed by atoms with van der Waals surface area (Å²) >= 11 is 0. The first-order valence-corrected chi connectivity index (χ1v) is 7.04. The molecule has 1 aliphatic heterocycles. The van der Waals surface area contributed by atoms with Crippen molar-refractivity contribution in [2.45, 2.75) is 32.7 Å². The minimum Gasteiger partial charge on any atom is -0.317 e. The Morgan fingerprint density at radius 2 is 1.78 bits per heavy atom. The van der Waals surface area contributed by atoms with Crippen molar-refractivity contribution in [2.75, 3.05) is 27.2 Å². The van der Waals surface area contributed by atoms with Crippen molar-refractivity contribution in [3.63, 3.8) is 0 Å². The van der Waals surface area contributed by atoms with Crippen LogP contribution in [0.5, 0.6) is 0 Å². The Morgan fingerprint density at radius 1 is 1.11 bits per heavy atom. The Bertz CT molecular complexity index is 392. The van der Waals surface area contributed by atoms with E-state index in [4.69, 9.17) is 0 Å². The summed E-state index contributed by atoms with van der Waals surface area (Å²) in [7, 11) is 4.42. The summed E-state index contributed by atoms with van der Waals surface area (Å²) in [6.45, 7) is 6.74. The second kappa shape index (κ2) is 5.85. The van der Waals surface area contributed by atoms with Crippen LogP contribution in [0.4, 0.5) is 0 Å². The molecule has 1 aromatic carbocycles. The lowest BCUT2D eigenvalue weighted by molar-refractivity contribution is 0.177. The average Bonchev–Trinajstić information content (AvgIpc) is 2.35. The van der Waals surface area contributed by atoms with Gasteiger partial charge in [0.1, 0.15) is 0 Å². The van der Waals surface area contributed by atoms with Gasteiger partial charge in [-0.2, -0.15) is 0 Å². The van der Waals surface area contributed by atoms with Gasteiger partial charge >= 0.3 is 0 Å². The van der Waals surface area contributed by atoms with Crippen molar-refractivity contribution in [3.8, 4) is 0 Å². The minimum atomic E-state index is 0.561. The Morgan fingerprint density at radius 3 is 2.33 bits per heavy atom. The summed E-state index contributed by atoms with van der Waals surface area (Å²) in [6.07, 6.45) is 2.57. The predicted octanol–water partition coefficient (Wildman–Crippen LogP) is 2.91. The second-order valence-electron chi connectivity index (χ2n) is 5.84. The molecule has 100 valence electrons. The van der Waals surface area contributed by atoms with Gasteiger partial charge < -0.3 is 10.2 Å². The van der Waals surface area contributed by atoms with Gasteiger partial charge in [-0.1, -0.05) is 18.2 Å². The zero-order valence-electron chi connectivity index (χ0n) is 12.2. The summed E-state index contributed by atoms with van der Waals surface area (Å²) < 4.78 is 0. The molecule has 0 radical (unpaired) electrons. The first kappa shape index (κ1) is 13.6. The summed E-state index contributed by atoms with van der Waals surface area (Å²) in [4.78, 5) is 2.39. The topological polar surface area (TPSA) is 15.3 Å². The third kappa shape index (κ3) is 2.93. The van der Waals surface area contributed by atoms with Crippen LogP contribution < -0.4 is 5.32 Å². The number of hydrogen-bond acceptors (Lipinski definition) is 2. The van der Waals surface area contributed by atoms with Crippen LogP contribution in [0.2, 0.25) is 0 Å². The molecule has 2 heteroatoms. The van der Waals surface area contributed by atoms with Crippen LogP contribution in [-0.4, -0.2) is 32.1 Å². The van der Waals surface area contributed by atoms with Crippen LogP contribution in [0.15, 0.2) is 18.2 Å². The lowest BCUT2D eigenvalue weighted by Gasteiger charge is -2.35. The van der Waals surface area contributed by atoms with Gasteiger partial charge in [-0.3, -0.25) is 0 Å². The maximum absolute atomic E-state index is 3.46. The number of rotatable bonds is 3. The molecule has 0 amide bonds. The van der Waals surface area contributed by atoms with E-state index in [1.807, 2.05) is 0 Å². The summed E-state index contributed by atoms with van der Waals surface area (Å²) in [5.41, 5.74) is 4.28. The fraction of sp³-hybridized carbons (Fsp3) is 0.625. The highest BCUT2D eigenvalue weighted by Crippen LogP contribution is 2.33. The Balaban J connectivity index is 2.25. The Kier molecular flexibility index (Phi) is 4.41. The Hall–Kier alpha value is -0.860. The highest BCUT2D eigenvalue weighted by Gasteiger charge is 2.26. The van der Waals surface area contributed by atoms with Crippen LogP contribution in [0, 0.1) is 19.8 Å². The molecule has 1 fully saturated rings. The predicted molar refractivity (Wildman–Crippen MR) is 77.9 cm³/mol. The van der Waals surface area contributed by atoms with Gasteiger partial charge in [0, 0.05) is 6.04 Å². The van der Waals surface area contributed by atoms with E-state index in [2.05, 4.69) is 56.4 Å². The van der Waals surface area contributed by atoms with Crippen molar-refractivity contribution in [3.05, 3.63) is 34.9 Å². The van der Waals surface area contributed by atoms with Gasteiger partial charge in [0.15, 0.2) is 0 Å². The zero-order chi connectivity index (χ0) is 13.1. The molecule has 1 aliphatic rings. The summed E-state index contributed by atoms with van der Waals surface area (Å²) in [5.74, 6) is 0.781. The van der Waals surface area contributed by atoms with Gasteiger partial charge in [0.25, 0.3) is 0 Å². The van der Waals surface area contributed by atoms with Crippen LogP contribution in [0.25, 0.3) is 0 Å². The van der Waals surface area contributed by atoms with Crippen LogP contribution in [0.3, 0.4) is 0 Å². The summed E-state index contributed by atoms with van der Waals surface area (Å²) in [6, 6.07) is 7.52. The van der Waals surface area contributed by atoms with E-state index in [-0.39, 0.29) is 0 Å². The molecule has 1 unspecified atom stereocenters.